The first-order valence-electron chi connectivity index (χ1n) is 11.6. The molecule has 0 aliphatic carbocycles. The van der Waals surface area contributed by atoms with Crippen molar-refractivity contribution in [1.82, 2.24) is 14.9 Å². The van der Waals surface area contributed by atoms with Crippen molar-refractivity contribution in [2.24, 2.45) is 0 Å². The van der Waals surface area contributed by atoms with Gasteiger partial charge in [-0.05, 0) is 70.1 Å². The molecule has 1 aliphatic heterocycles. The van der Waals surface area contributed by atoms with Crippen LogP contribution in [0.5, 0.6) is 5.75 Å². The molecule has 1 aliphatic rings. The van der Waals surface area contributed by atoms with E-state index < -0.39 is 0 Å². The highest BCUT2D eigenvalue weighted by Crippen LogP contribution is 2.24. The maximum atomic E-state index is 12.5. The predicted octanol–water partition coefficient (Wildman–Crippen LogP) is 4.05. The van der Waals surface area contributed by atoms with E-state index in [1.54, 1.807) is 0 Å². The second-order valence-corrected chi connectivity index (χ2v) is 8.99. The molecule has 1 amide bonds. The molecule has 0 saturated carbocycles. The van der Waals surface area contributed by atoms with Gasteiger partial charge in [-0.25, -0.2) is 9.97 Å². The molecular weight excluding hydrogens is 414 g/mol. The maximum absolute atomic E-state index is 12.5. The van der Waals surface area contributed by atoms with Gasteiger partial charge in [0.1, 0.15) is 5.75 Å². The first-order chi connectivity index (χ1) is 15.9. The summed E-state index contributed by atoms with van der Waals surface area (Å²) in [6.45, 7) is 9.91. The number of amides is 1. The number of benzene rings is 2. The number of hydrogen-bond donors (Lipinski definition) is 1. The number of rotatable bonds is 7. The Labute approximate surface area is 195 Å². The first-order valence-corrected chi connectivity index (χ1v) is 11.6. The maximum Gasteiger partial charge on any atom is 0.226 e. The highest BCUT2D eigenvalue weighted by molar-refractivity contribution is 5.94. The fraction of sp³-hybridized carbons (Fsp3) is 0.423. The second-order valence-electron chi connectivity index (χ2n) is 8.99. The number of aryl methyl sites for hydroxylation is 2. The smallest absolute Gasteiger partial charge is 0.226 e. The largest absolute Gasteiger partial charge is 0.491 e. The Hall–Kier alpha value is -3.19. The Balaban J connectivity index is 1.37. The molecule has 1 saturated heterocycles. The number of nitrogens with one attached hydrogen (secondary N) is 1. The summed E-state index contributed by atoms with van der Waals surface area (Å²) < 4.78 is 5.67. The van der Waals surface area contributed by atoms with Crippen molar-refractivity contribution < 1.29 is 9.53 Å². The molecule has 0 spiro atoms. The van der Waals surface area contributed by atoms with E-state index in [2.05, 4.69) is 22.2 Å². The van der Waals surface area contributed by atoms with Gasteiger partial charge in [-0.15, -0.1) is 0 Å². The molecule has 7 nitrogen and oxygen atoms in total. The lowest BCUT2D eigenvalue weighted by atomic mass is 10.1. The van der Waals surface area contributed by atoms with E-state index in [-0.39, 0.29) is 12.0 Å². The van der Waals surface area contributed by atoms with E-state index in [0.29, 0.717) is 12.8 Å². The van der Waals surface area contributed by atoms with Crippen LogP contribution in [0, 0.1) is 6.92 Å². The number of piperazine rings is 1. The minimum atomic E-state index is -0.00974. The van der Waals surface area contributed by atoms with Gasteiger partial charge in [0.25, 0.3) is 0 Å². The quantitative estimate of drug-likeness (QED) is 0.589. The molecule has 1 fully saturated rings. The SMILES string of the molecule is Cc1nc(N2CCN(C)CC2)nc2ccc(NC(=O)CCc3ccc(OC(C)C)cc3)cc12. The molecule has 0 atom stereocenters. The normalized spacial score (nSPS) is 14.6. The lowest BCUT2D eigenvalue weighted by Gasteiger charge is -2.32. The number of fused-ring (bicyclic) bond motifs is 1. The van der Waals surface area contributed by atoms with Crippen LogP contribution in [0.4, 0.5) is 11.6 Å². The topological polar surface area (TPSA) is 70.6 Å². The lowest BCUT2D eigenvalue weighted by Crippen LogP contribution is -2.45. The van der Waals surface area contributed by atoms with Crippen molar-refractivity contribution in [3.63, 3.8) is 0 Å². The van der Waals surface area contributed by atoms with Crippen LogP contribution in [0.3, 0.4) is 0 Å². The van der Waals surface area contributed by atoms with Crippen molar-refractivity contribution in [2.45, 2.75) is 39.7 Å². The van der Waals surface area contributed by atoms with Gasteiger partial charge in [-0.2, -0.15) is 0 Å². The molecule has 4 rings (SSSR count). The zero-order valence-electron chi connectivity index (χ0n) is 20.0. The third-order valence-corrected chi connectivity index (χ3v) is 5.88. The number of likely N-dealkylation sites (N-methyl/N-ethyl adjacent to an activating group) is 1. The number of anilines is 2. The summed E-state index contributed by atoms with van der Waals surface area (Å²) in [5, 5.41) is 3.98. The van der Waals surface area contributed by atoms with Gasteiger partial charge in [-0.3, -0.25) is 4.79 Å². The number of carbonyl (C=O) groups is 1. The van der Waals surface area contributed by atoms with Crippen molar-refractivity contribution in [3.05, 3.63) is 53.7 Å². The van der Waals surface area contributed by atoms with Crippen LogP contribution >= 0.6 is 0 Å². The molecule has 1 aromatic heterocycles. The van der Waals surface area contributed by atoms with Gasteiger partial charge in [0, 0.05) is 43.7 Å². The Kier molecular flexibility index (Phi) is 7.08. The van der Waals surface area contributed by atoms with Gasteiger partial charge in [-0.1, -0.05) is 12.1 Å². The van der Waals surface area contributed by atoms with Gasteiger partial charge in [0.15, 0.2) is 0 Å². The average Bonchev–Trinajstić information content (AvgIpc) is 2.79. The molecule has 1 N–H and O–H groups in total. The minimum Gasteiger partial charge on any atom is -0.491 e. The molecular formula is C26H33N5O2. The Bertz CT molecular complexity index is 1110. The van der Waals surface area contributed by atoms with Crippen molar-refractivity contribution in [3.8, 4) is 5.75 Å². The van der Waals surface area contributed by atoms with E-state index >= 15 is 0 Å². The molecule has 0 radical (unpaired) electrons. The highest BCUT2D eigenvalue weighted by Gasteiger charge is 2.18. The van der Waals surface area contributed by atoms with Gasteiger partial charge in [0.2, 0.25) is 11.9 Å². The summed E-state index contributed by atoms with van der Waals surface area (Å²) in [4.78, 5) is 26.6. The van der Waals surface area contributed by atoms with Crippen molar-refractivity contribution in [2.75, 3.05) is 43.4 Å². The third kappa shape index (κ3) is 5.99. The molecule has 7 heteroatoms. The summed E-state index contributed by atoms with van der Waals surface area (Å²) in [7, 11) is 2.14. The zero-order valence-corrected chi connectivity index (χ0v) is 20.0. The van der Waals surface area contributed by atoms with E-state index in [1.165, 1.54) is 0 Å². The summed E-state index contributed by atoms with van der Waals surface area (Å²) in [6.07, 6.45) is 1.24. The van der Waals surface area contributed by atoms with Crippen LogP contribution in [0.1, 0.15) is 31.5 Å². The van der Waals surface area contributed by atoms with Crippen molar-refractivity contribution in [1.29, 1.82) is 0 Å². The van der Waals surface area contributed by atoms with Gasteiger partial charge >= 0.3 is 0 Å². The Morgan fingerprint density at radius 2 is 1.79 bits per heavy atom. The zero-order chi connectivity index (χ0) is 23.4. The fourth-order valence-electron chi connectivity index (χ4n) is 3.98. The Morgan fingerprint density at radius 1 is 1.06 bits per heavy atom. The molecule has 174 valence electrons. The molecule has 2 aromatic carbocycles. The number of aromatic nitrogens is 2. The van der Waals surface area contributed by atoms with Crippen LogP contribution in [0.15, 0.2) is 42.5 Å². The molecule has 2 heterocycles. The van der Waals surface area contributed by atoms with E-state index in [9.17, 15) is 4.79 Å². The van der Waals surface area contributed by atoms with E-state index in [4.69, 9.17) is 14.7 Å². The van der Waals surface area contributed by atoms with E-state index in [0.717, 1.165) is 65.7 Å². The van der Waals surface area contributed by atoms with Gasteiger partial charge < -0.3 is 19.9 Å². The number of hydrogen-bond acceptors (Lipinski definition) is 6. The second kappa shape index (κ2) is 10.2. The third-order valence-electron chi connectivity index (χ3n) is 5.88. The number of nitrogens with zero attached hydrogens (tertiary/aromatic N) is 4. The van der Waals surface area contributed by atoms with Crippen molar-refractivity contribution >= 4 is 28.4 Å². The van der Waals surface area contributed by atoms with Crippen LogP contribution < -0.4 is 15.0 Å². The lowest BCUT2D eigenvalue weighted by molar-refractivity contribution is -0.116. The monoisotopic (exact) mass is 447 g/mol. The fourth-order valence-corrected chi connectivity index (χ4v) is 3.98. The number of ether oxygens (including phenoxy) is 1. The molecule has 0 unspecified atom stereocenters. The summed E-state index contributed by atoms with van der Waals surface area (Å²) in [5.74, 6) is 1.63. The molecule has 33 heavy (non-hydrogen) atoms. The molecule has 3 aromatic rings. The number of carbonyl (C=O) groups excluding carboxylic acids is 1. The van der Waals surface area contributed by atoms with Crippen LogP contribution in [-0.4, -0.2) is 60.1 Å². The molecule has 0 bridgehead atoms. The average molecular weight is 448 g/mol. The first kappa shape index (κ1) is 23.0. The van der Waals surface area contributed by atoms with E-state index in [1.807, 2.05) is 63.2 Å². The summed E-state index contributed by atoms with van der Waals surface area (Å²) in [6, 6.07) is 13.8. The highest BCUT2D eigenvalue weighted by atomic mass is 16.5. The summed E-state index contributed by atoms with van der Waals surface area (Å²) >= 11 is 0. The van der Waals surface area contributed by atoms with Crippen LogP contribution in [-0.2, 0) is 11.2 Å². The summed E-state index contributed by atoms with van der Waals surface area (Å²) in [5.41, 5.74) is 3.71. The standard InChI is InChI=1S/C26H33N5O2/c1-18(2)33-22-9-5-20(6-10-22)7-12-25(32)28-21-8-11-24-23(17-21)19(3)27-26(29-24)31-15-13-30(4)14-16-31/h5-6,8-11,17-18H,7,12-16H2,1-4H3,(H,28,32). The minimum absolute atomic E-state index is 0.00974. The Morgan fingerprint density at radius 3 is 2.48 bits per heavy atom. The van der Waals surface area contributed by atoms with Crippen LogP contribution in [0.2, 0.25) is 0 Å². The van der Waals surface area contributed by atoms with Crippen LogP contribution in [0.25, 0.3) is 10.9 Å². The van der Waals surface area contributed by atoms with Gasteiger partial charge in [0.05, 0.1) is 17.3 Å². The predicted molar refractivity (Wildman–Crippen MR) is 133 cm³/mol.